The highest BCUT2D eigenvalue weighted by Crippen LogP contribution is 2.19. The predicted molar refractivity (Wildman–Crippen MR) is 82.5 cm³/mol. The summed E-state index contributed by atoms with van der Waals surface area (Å²) in [5.41, 5.74) is 2.67. The number of ether oxygens (including phenoxy) is 1. The van der Waals surface area contributed by atoms with Crippen molar-refractivity contribution in [3.63, 3.8) is 0 Å². The van der Waals surface area contributed by atoms with E-state index in [0.29, 0.717) is 12.1 Å². The van der Waals surface area contributed by atoms with E-state index in [1.165, 1.54) is 11.1 Å². The standard InChI is InChI=1S/C17H29NO/c1-7-15-8-10-16(11-9-15)14(3)18-13(2)12-17(4,5)19-6/h8-11,13-14,18H,7,12H2,1-6H3. The zero-order chi connectivity index (χ0) is 14.5. The monoisotopic (exact) mass is 263 g/mol. The lowest BCUT2D eigenvalue weighted by Gasteiger charge is -2.29. The van der Waals surface area contributed by atoms with E-state index in [2.05, 4.69) is 64.2 Å². The van der Waals surface area contributed by atoms with Crippen molar-refractivity contribution < 1.29 is 4.74 Å². The van der Waals surface area contributed by atoms with Gasteiger partial charge in [0.05, 0.1) is 5.60 Å². The zero-order valence-corrected chi connectivity index (χ0v) is 13.3. The highest BCUT2D eigenvalue weighted by atomic mass is 16.5. The largest absolute Gasteiger partial charge is 0.379 e. The highest BCUT2D eigenvalue weighted by molar-refractivity contribution is 5.24. The number of benzene rings is 1. The molecule has 0 amide bonds. The Kier molecular flexibility index (Phi) is 6.02. The van der Waals surface area contributed by atoms with Gasteiger partial charge in [0.25, 0.3) is 0 Å². The van der Waals surface area contributed by atoms with Gasteiger partial charge in [0.2, 0.25) is 0 Å². The maximum atomic E-state index is 5.49. The molecular formula is C17H29NO. The van der Waals surface area contributed by atoms with Crippen molar-refractivity contribution in [2.75, 3.05) is 7.11 Å². The molecular weight excluding hydrogens is 234 g/mol. The van der Waals surface area contributed by atoms with Crippen LogP contribution in [0.25, 0.3) is 0 Å². The Labute approximate surface area is 118 Å². The van der Waals surface area contributed by atoms with Gasteiger partial charge >= 0.3 is 0 Å². The number of rotatable bonds is 7. The fourth-order valence-electron chi connectivity index (χ4n) is 2.44. The van der Waals surface area contributed by atoms with Crippen LogP contribution in [-0.4, -0.2) is 18.8 Å². The van der Waals surface area contributed by atoms with Gasteiger partial charge in [0.15, 0.2) is 0 Å². The van der Waals surface area contributed by atoms with Gasteiger partial charge < -0.3 is 10.1 Å². The second-order valence-electron chi connectivity index (χ2n) is 6.05. The molecule has 2 atom stereocenters. The zero-order valence-electron chi connectivity index (χ0n) is 13.3. The molecule has 0 aliphatic heterocycles. The van der Waals surface area contributed by atoms with E-state index in [4.69, 9.17) is 4.74 Å². The minimum Gasteiger partial charge on any atom is -0.379 e. The topological polar surface area (TPSA) is 21.3 Å². The van der Waals surface area contributed by atoms with Crippen molar-refractivity contribution in [2.45, 2.75) is 65.1 Å². The molecule has 19 heavy (non-hydrogen) atoms. The maximum Gasteiger partial charge on any atom is 0.0637 e. The SMILES string of the molecule is CCc1ccc(C(C)NC(C)CC(C)(C)OC)cc1. The van der Waals surface area contributed by atoms with Crippen LogP contribution in [0.15, 0.2) is 24.3 Å². The number of aryl methyl sites for hydroxylation is 1. The average molecular weight is 263 g/mol. The molecule has 108 valence electrons. The molecule has 2 nitrogen and oxygen atoms in total. The molecule has 0 saturated heterocycles. The van der Waals surface area contributed by atoms with Gasteiger partial charge in [-0.05, 0) is 51.7 Å². The summed E-state index contributed by atoms with van der Waals surface area (Å²) in [6, 6.07) is 9.69. The molecule has 0 bridgehead atoms. The second-order valence-corrected chi connectivity index (χ2v) is 6.05. The van der Waals surface area contributed by atoms with Crippen LogP contribution in [0.2, 0.25) is 0 Å². The number of hydrogen-bond acceptors (Lipinski definition) is 2. The lowest BCUT2D eigenvalue weighted by Crippen LogP contribution is -2.36. The molecule has 0 aliphatic carbocycles. The van der Waals surface area contributed by atoms with Gasteiger partial charge in [-0.2, -0.15) is 0 Å². The summed E-state index contributed by atoms with van der Waals surface area (Å²) in [7, 11) is 1.78. The van der Waals surface area contributed by atoms with Crippen LogP contribution in [-0.2, 0) is 11.2 Å². The summed E-state index contributed by atoms with van der Waals surface area (Å²) in [6.45, 7) is 10.9. The van der Waals surface area contributed by atoms with E-state index >= 15 is 0 Å². The minimum absolute atomic E-state index is 0.0712. The summed E-state index contributed by atoms with van der Waals surface area (Å²) in [6.07, 6.45) is 2.10. The van der Waals surface area contributed by atoms with Crippen LogP contribution in [0.1, 0.15) is 58.2 Å². The third-order valence-corrected chi connectivity index (χ3v) is 3.77. The third kappa shape index (κ3) is 5.33. The molecule has 0 spiro atoms. The van der Waals surface area contributed by atoms with Crippen molar-refractivity contribution in [3.05, 3.63) is 35.4 Å². The lowest BCUT2D eigenvalue weighted by atomic mass is 9.98. The van der Waals surface area contributed by atoms with E-state index in [1.54, 1.807) is 7.11 Å². The van der Waals surface area contributed by atoms with Crippen molar-refractivity contribution >= 4 is 0 Å². The average Bonchev–Trinajstić information content (AvgIpc) is 2.38. The molecule has 1 aromatic carbocycles. The normalized spacial score (nSPS) is 15.3. The number of hydrogen-bond donors (Lipinski definition) is 1. The van der Waals surface area contributed by atoms with Crippen molar-refractivity contribution in [1.82, 2.24) is 5.32 Å². The second kappa shape index (κ2) is 7.06. The van der Waals surface area contributed by atoms with Crippen LogP contribution in [0.5, 0.6) is 0 Å². The molecule has 1 aromatic rings. The van der Waals surface area contributed by atoms with Gasteiger partial charge in [-0.3, -0.25) is 0 Å². The molecule has 1 N–H and O–H groups in total. The first kappa shape index (κ1) is 16.2. The van der Waals surface area contributed by atoms with Crippen molar-refractivity contribution in [1.29, 1.82) is 0 Å². The van der Waals surface area contributed by atoms with Crippen LogP contribution >= 0.6 is 0 Å². The van der Waals surface area contributed by atoms with Crippen LogP contribution < -0.4 is 5.32 Å². The molecule has 2 heteroatoms. The van der Waals surface area contributed by atoms with E-state index in [-0.39, 0.29) is 5.60 Å². The highest BCUT2D eigenvalue weighted by Gasteiger charge is 2.21. The minimum atomic E-state index is -0.0712. The maximum absolute atomic E-state index is 5.49. The Hall–Kier alpha value is -0.860. The molecule has 0 aliphatic rings. The van der Waals surface area contributed by atoms with Crippen LogP contribution in [0, 0.1) is 0 Å². The summed E-state index contributed by atoms with van der Waals surface area (Å²) in [5.74, 6) is 0. The predicted octanol–water partition coefficient (Wildman–Crippen LogP) is 4.10. The summed E-state index contributed by atoms with van der Waals surface area (Å²) < 4.78 is 5.49. The van der Waals surface area contributed by atoms with Gasteiger partial charge in [-0.1, -0.05) is 31.2 Å². The molecule has 0 fully saturated rings. The van der Waals surface area contributed by atoms with Crippen molar-refractivity contribution in [2.24, 2.45) is 0 Å². The molecule has 2 unspecified atom stereocenters. The van der Waals surface area contributed by atoms with Crippen LogP contribution in [0.4, 0.5) is 0 Å². The molecule has 0 heterocycles. The molecule has 0 radical (unpaired) electrons. The summed E-state index contributed by atoms with van der Waals surface area (Å²) in [5, 5.41) is 3.64. The Morgan fingerprint density at radius 2 is 1.74 bits per heavy atom. The smallest absolute Gasteiger partial charge is 0.0637 e. The first-order chi connectivity index (χ1) is 8.88. The summed E-state index contributed by atoms with van der Waals surface area (Å²) >= 11 is 0. The van der Waals surface area contributed by atoms with E-state index in [0.717, 1.165) is 12.8 Å². The Morgan fingerprint density at radius 3 is 2.21 bits per heavy atom. The quantitative estimate of drug-likeness (QED) is 0.799. The van der Waals surface area contributed by atoms with Crippen LogP contribution in [0.3, 0.4) is 0 Å². The van der Waals surface area contributed by atoms with E-state index < -0.39 is 0 Å². The van der Waals surface area contributed by atoms with E-state index in [9.17, 15) is 0 Å². The number of methoxy groups -OCH3 is 1. The van der Waals surface area contributed by atoms with Crippen molar-refractivity contribution in [3.8, 4) is 0 Å². The van der Waals surface area contributed by atoms with Gasteiger partial charge in [0.1, 0.15) is 0 Å². The fourth-order valence-corrected chi connectivity index (χ4v) is 2.44. The first-order valence-electron chi connectivity index (χ1n) is 7.28. The number of nitrogens with one attached hydrogen (secondary N) is 1. The lowest BCUT2D eigenvalue weighted by molar-refractivity contribution is 0.00782. The Bertz CT molecular complexity index is 369. The third-order valence-electron chi connectivity index (χ3n) is 3.77. The first-order valence-corrected chi connectivity index (χ1v) is 7.28. The summed E-state index contributed by atoms with van der Waals surface area (Å²) in [4.78, 5) is 0. The molecule has 1 rings (SSSR count). The van der Waals surface area contributed by atoms with Gasteiger partial charge in [-0.25, -0.2) is 0 Å². The Morgan fingerprint density at radius 1 is 1.16 bits per heavy atom. The molecule has 0 aromatic heterocycles. The fraction of sp³-hybridized carbons (Fsp3) is 0.647. The van der Waals surface area contributed by atoms with Gasteiger partial charge in [0, 0.05) is 19.2 Å². The Balaban J connectivity index is 2.55. The van der Waals surface area contributed by atoms with E-state index in [1.807, 2.05) is 0 Å². The van der Waals surface area contributed by atoms with Gasteiger partial charge in [-0.15, -0.1) is 0 Å². The molecule has 0 saturated carbocycles.